The summed E-state index contributed by atoms with van der Waals surface area (Å²) in [6.07, 6.45) is 5.12. The molecule has 1 aromatic rings. The minimum absolute atomic E-state index is 0.995. The van der Waals surface area contributed by atoms with Crippen molar-refractivity contribution < 1.29 is 4.48 Å². The molecule has 0 N–H and O–H groups in total. The van der Waals surface area contributed by atoms with Crippen LogP contribution in [0.3, 0.4) is 0 Å². The van der Waals surface area contributed by atoms with E-state index in [1.54, 1.807) is 0 Å². The van der Waals surface area contributed by atoms with Gasteiger partial charge in [0.2, 0.25) is 0 Å². The van der Waals surface area contributed by atoms with E-state index in [1.807, 2.05) is 18.5 Å². The molecule has 0 aliphatic rings. The highest BCUT2D eigenvalue weighted by Crippen LogP contribution is 2.13. The highest BCUT2D eigenvalue weighted by Gasteiger charge is 2.26. The van der Waals surface area contributed by atoms with Crippen LogP contribution in [0.15, 0.2) is 24.5 Å². The lowest BCUT2D eigenvalue weighted by atomic mass is 10.2. The Morgan fingerprint density at radius 1 is 1.27 bits per heavy atom. The summed E-state index contributed by atoms with van der Waals surface area (Å²) in [4.78, 5) is 4.17. The van der Waals surface area contributed by atoms with Crippen molar-refractivity contribution in [3.63, 3.8) is 0 Å². The first kappa shape index (κ1) is 12.4. The lowest BCUT2D eigenvalue weighted by Gasteiger charge is -2.34. The minimum atomic E-state index is -0.995. The molecule has 84 valence electrons. The van der Waals surface area contributed by atoms with Gasteiger partial charge in [-0.05, 0) is 6.07 Å². The van der Waals surface area contributed by atoms with Gasteiger partial charge in [0.15, 0.2) is 0 Å². The predicted octanol–water partition coefficient (Wildman–Crippen LogP) is 2.54. The zero-order chi connectivity index (χ0) is 11.5. The lowest BCUT2D eigenvalue weighted by Crippen LogP contribution is -2.49. The van der Waals surface area contributed by atoms with Crippen LogP contribution in [0.25, 0.3) is 0 Å². The number of hydrogen-bond donors (Lipinski definition) is 0. The van der Waals surface area contributed by atoms with Gasteiger partial charge in [-0.1, -0.05) is 25.7 Å². The normalized spacial score (nSPS) is 12.9. The Labute approximate surface area is 94.6 Å². The smallest absolute Gasteiger partial charge is 0.110 e. The van der Waals surface area contributed by atoms with E-state index in [2.05, 4.69) is 44.8 Å². The summed E-state index contributed by atoms with van der Waals surface area (Å²) in [7, 11) is 3.63. The van der Waals surface area contributed by atoms with Crippen LogP contribution >= 0.6 is 0 Å². The van der Waals surface area contributed by atoms with E-state index in [4.69, 9.17) is 0 Å². The van der Waals surface area contributed by atoms with Gasteiger partial charge in [-0.25, -0.2) is 0 Å². The molecule has 0 aliphatic heterocycles. The Morgan fingerprint density at radius 3 is 2.40 bits per heavy atom. The van der Waals surface area contributed by atoms with Gasteiger partial charge in [0.25, 0.3) is 0 Å². The van der Waals surface area contributed by atoms with Crippen molar-refractivity contribution in [1.82, 2.24) is 4.98 Å². The van der Waals surface area contributed by atoms with Crippen molar-refractivity contribution in [1.29, 1.82) is 0 Å². The average molecular weight is 223 g/mol. The molecule has 0 radical (unpaired) electrons. The molecule has 1 heterocycles. The Bertz CT molecular complexity index is 301. The predicted molar refractivity (Wildman–Crippen MR) is 68.3 cm³/mol. The highest BCUT2D eigenvalue weighted by atomic mass is 28.3. The molecule has 0 saturated heterocycles. The molecule has 3 heteroatoms. The van der Waals surface area contributed by atoms with Gasteiger partial charge >= 0.3 is 0 Å². The SMILES string of the molecule is C[N+](C)(Cc1cccnc1)C[Si](C)(C)C. The van der Waals surface area contributed by atoms with Crippen LogP contribution in [0.1, 0.15) is 5.56 Å². The second-order valence-electron chi connectivity index (χ2n) is 6.17. The van der Waals surface area contributed by atoms with Crippen molar-refractivity contribution in [2.45, 2.75) is 26.2 Å². The Kier molecular flexibility index (Phi) is 3.68. The van der Waals surface area contributed by atoms with Gasteiger partial charge in [-0.3, -0.25) is 4.98 Å². The number of nitrogens with zero attached hydrogens (tertiary/aromatic N) is 2. The molecule has 0 unspecified atom stereocenters. The number of aromatic nitrogens is 1. The molecule has 15 heavy (non-hydrogen) atoms. The van der Waals surface area contributed by atoms with Gasteiger partial charge in [-0.15, -0.1) is 0 Å². The third kappa shape index (κ3) is 5.09. The molecule has 0 fully saturated rings. The summed E-state index contributed by atoms with van der Waals surface area (Å²) < 4.78 is 1.07. The molecule has 0 spiro atoms. The van der Waals surface area contributed by atoms with Crippen molar-refractivity contribution in [2.75, 3.05) is 20.3 Å². The molecular formula is C12H23N2Si+. The molecule has 2 nitrogen and oxygen atoms in total. The molecule has 0 saturated carbocycles. The van der Waals surface area contributed by atoms with Gasteiger partial charge in [0, 0.05) is 18.0 Å². The summed E-state index contributed by atoms with van der Waals surface area (Å²) in [6.45, 7) is 8.36. The number of rotatable bonds is 4. The molecule has 0 aromatic carbocycles. The van der Waals surface area contributed by atoms with Gasteiger partial charge in [0.05, 0.1) is 20.3 Å². The molecule has 0 amide bonds. The second-order valence-corrected chi connectivity index (χ2v) is 11.6. The van der Waals surface area contributed by atoms with Crippen LogP contribution in [-0.2, 0) is 6.54 Å². The lowest BCUT2D eigenvalue weighted by molar-refractivity contribution is -0.894. The first-order valence-electron chi connectivity index (χ1n) is 5.49. The van der Waals surface area contributed by atoms with E-state index >= 15 is 0 Å². The average Bonchev–Trinajstić information content (AvgIpc) is 1.99. The fourth-order valence-corrected chi connectivity index (χ4v) is 5.01. The van der Waals surface area contributed by atoms with Crippen molar-refractivity contribution in [3.05, 3.63) is 30.1 Å². The summed E-state index contributed by atoms with van der Waals surface area (Å²) in [5.74, 6) is 0. The van der Waals surface area contributed by atoms with Crippen molar-refractivity contribution in [3.8, 4) is 0 Å². The van der Waals surface area contributed by atoms with Crippen LogP contribution in [0.5, 0.6) is 0 Å². The maximum Gasteiger partial charge on any atom is 0.110 e. The fraction of sp³-hybridized carbons (Fsp3) is 0.583. The first-order chi connectivity index (χ1) is 6.79. The molecular weight excluding hydrogens is 200 g/mol. The molecule has 0 atom stereocenters. The Hall–Kier alpha value is -0.673. The molecule has 1 aromatic heterocycles. The number of hydrogen-bond acceptors (Lipinski definition) is 1. The summed E-state index contributed by atoms with van der Waals surface area (Å²) in [6, 6.07) is 4.18. The van der Waals surface area contributed by atoms with E-state index in [1.165, 1.54) is 11.7 Å². The van der Waals surface area contributed by atoms with Crippen LogP contribution < -0.4 is 0 Å². The van der Waals surface area contributed by atoms with E-state index < -0.39 is 8.07 Å². The van der Waals surface area contributed by atoms with Crippen LogP contribution in [0.4, 0.5) is 0 Å². The molecule has 1 rings (SSSR count). The van der Waals surface area contributed by atoms with Gasteiger partial charge in [-0.2, -0.15) is 0 Å². The van der Waals surface area contributed by atoms with Crippen molar-refractivity contribution in [2.24, 2.45) is 0 Å². The van der Waals surface area contributed by atoms with Crippen LogP contribution in [-0.4, -0.2) is 37.8 Å². The second kappa shape index (κ2) is 4.45. The highest BCUT2D eigenvalue weighted by molar-refractivity contribution is 6.75. The summed E-state index contributed by atoms with van der Waals surface area (Å²) in [5.41, 5.74) is 1.33. The quantitative estimate of drug-likeness (QED) is 0.565. The molecule has 0 bridgehead atoms. The summed E-state index contributed by atoms with van der Waals surface area (Å²) in [5, 5.41) is 0. The third-order valence-corrected chi connectivity index (χ3v) is 4.04. The number of pyridine rings is 1. The zero-order valence-corrected chi connectivity index (χ0v) is 11.6. The number of quaternary nitrogens is 1. The molecule has 0 aliphatic carbocycles. The van der Waals surface area contributed by atoms with Crippen molar-refractivity contribution >= 4 is 8.07 Å². The summed E-state index contributed by atoms with van der Waals surface area (Å²) >= 11 is 0. The Morgan fingerprint density at radius 2 is 1.93 bits per heavy atom. The topological polar surface area (TPSA) is 12.9 Å². The Balaban J connectivity index is 2.65. The first-order valence-corrected chi connectivity index (χ1v) is 9.20. The monoisotopic (exact) mass is 223 g/mol. The van der Waals surface area contributed by atoms with Crippen LogP contribution in [0.2, 0.25) is 19.6 Å². The van der Waals surface area contributed by atoms with E-state index in [-0.39, 0.29) is 0 Å². The van der Waals surface area contributed by atoms with Crippen LogP contribution in [0, 0.1) is 0 Å². The van der Waals surface area contributed by atoms with E-state index in [0.29, 0.717) is 0 Å². The van der Waals surface area contributed by atoms with E-state index in [9.17, 15) is 0 Å². The minimum Gasteiger partial charge on any atom is -0.328 e. The van der Waals surface area contributed by atoms with E-state index in [0.717, 1.165) is 11.0 Å². The maximum absolute atomic E-state index is 4.17. The third-order valence-electron chi connectivity index (χ3n) is 2.24. The zero-order valence-electron chi connectivity index (χ0n) is 10.6. The maximum atomic E-state index is 4.17. The van der Waals surface area contributed by atoms with Gasteiger partial charge in [0.1, 0.15) is 14.6 Å². The fourth-order valence-electron chi connectivity index (χ4n) is 2.33. The largest absolute Gasteiger partial charge is 0.328 e. The van der Waals surface area contributed by atoms with Gasteiger partial charge < -0.3 is 4.48 Å². The standard InChI is InChI=1S/C12H23N2Si/c1-14(2,11-15(3,4)5)10-12-7-6-8-13-9-12/h6-9H,10-11H2,1-5H3/q+1.